The second-order valence-electron chi connectivity index (χ2n) is 8.14. The Morgan fingerprint density at radius 3 is 1.78 bits per heavy atom. The van der Waals surface area contributed by atoms with E-state index in [4.69, 9.17) is 0 Å². The SMILES string of the molecule is CC.CC(C)c1ccc2c(c1)CN(C)C2.CC(C)c1ccc2c(c1)CNC2. The van der Waals surface area contributed by atoms with Crippen molar-refractivity contribution in [2.75, 3.05) is 7.05 Å². The molecule has 2 heterocycles. The molecule has 0 atom stereocenters. The molecule has 2 aliphatic heterocycles. The van der Waals surface area contributed by atoms with Gasteiger partial charge in [0.25, 0.3) is 0 Å². The standard InChI is InChI=1S/C12H17N.C11H15N.C2H6/c1-9(2)10-4-5-11-7-13(3)8-12(11)6-10;1-8(2)9-3-4-10-6-12-7-11(10)5-9;1-2/h4-6,9H,7-8H2,1-3H3;3-5,8,12H,6-7H2,1-2H3;1-2H3. The van der Waals surface area contributed by atoms with Gasteiger partial charge in [-0.25, -0.2) is 0 Å². The highest BCUT2D eigenvalue weighted by molar-refractivity contribution is 5.36. The van der Waals surface area contributed by atoms with Gasteiger partial charge in [0.05, 0.1) is 0 Å². The molecule has 0 bridgehead atoms. The summed E-state index contributed by atoms with van der Waals surface area (Å²) < 4.78 is 0. The second-order valence-corrected chi connectivity index (χ2v) is 8.14. The van der Waals surface area contributed by atoms with Crippen LogP contribution in [0.3, 0.4) is 0 Å². The van der Waals surface area contributed by atoms with Gasteiger partial charge < -0.3 is 5.32 Å². The van der Waals surface area contributed by atoms with Crippen LogP contribution in [0.25, 0.3) is 0 Å². The Morgan fingerprint density at radius 1 is 0.704 bits per heavy atom. The topological polar surface area (TPSA) is 15.3 Å². The maximum atomic E-state index is 3.35. The molecule has 0 fully saturated rings. The van der Waals surface area contributed by atoms with E-state index in [-0.39, 0.29) is 0 Å². The van der Waals surface area contributed by atoms with Crippen LogP contribution in [0, 0.1) is 0 Å². The summed E-state index contributed by atoms with van der Waals surface area (Å²) in [5.41, 5.74) is 8.91. The Labute approximate surface area is 167 Å². The molecule has 0 unspecified atom stereocenters. The lowest BCUT2D eigenvalue weighted by Gasteiger charge is -2.06. The van der Waals surface area contributed by atoms with Gasteiger partial charge in [-0.3, -0.25) is 4.90 Å². The molecule has 2 aliphatic rings. The number of hydrogen-bond donors (Lipinski definition) is 1. The Hall–Kier alpha value is -1.64. The second kappa shape index (κ2) is 10.1. The number of benzene rings is 2. The minimum Gasteiger partial charge on any atom is -0.309 e. The van der Waals surface area contributed by atoms with Gasteiger partial charge in [0.15, 0.2) is 0 Å². The zero-order chi connectivity index (χ0) is 20.0. The quantitative estimate of drug-likeness (QED) is 0.681. The molecule has 0 radical (unpaired) electrons. The Balaban J connectivity index is 0.000000178. The van der Waals surface area contributed by atoms with Crippen molar-refractivity contribution < 1.29 is 0 Å². The summed E-state index contributed by atoms with van der Waals surface area (Å²) in [6.45, 7) is 17.3. The first-order valence-corrected chi connectivity index (χ1v) is 10.6. The van der Waals surface area contributed by atoms with Gasteiger partial charge in [0, 0.05) is 26.2 Å². The van der Waals surface area contributed by atoms with Gasteiger partial charge >= 0.3 is 0 Å². The summed E-state index contributed by atoms with van der Waals surface area (Å²) >= 11 is 0. The lowest BCUT2D eigenvalue weighted by Crippen LogP contribution is -2.07. The summed E-state index contributed by atoms with van der Waals surface area (Å²) in [6, 6.07) is 13.8. The fourth-order valence-electron chi connectivity index (χ4n) is 3.62. The fraction of sp³-hybridized carbons (Fsp3) is 0.520. The number of hydrogen-bond acceptors (Lipinski definition) is 2. The monoisotopic (exact) mass is 366 g/mol. The molecule has 2 aromatic rings. The van der Waals surface area contributed by atoms with Crippen molar-refractivity contribution in [1.29, 1.82) is 0 Å². The summed E-state index contributed by atoms with van der Waals surface area (Å²) in [6.07, 6.45) is 0. The van der Waals surface area contributed by atoms with Crippen LogP contribution < -0.4 is 5.32 Å². The maximum Gasteiger partial charge on any atom is 0.0237 e. The molecule has 1 N–H and O–H groups in total. The third kappa shape index (κ3) is 5.67. The summed E-state index contributed by atoms with van der Waals surface area (Å²) in [7, 11) is 2.18. The first-order valence-electron chi connectivity index (χ1n) is 10.6. The van der Waals surface area contributed by atoms with Gasteiger partial charge in [-0.1, -0.05) is 77.9 Å². The van der Waals surface area contributed by atoms with E-state index in [1.54, 1.807) is 0 Å². The molecule has 2 aromatic carbocycles. The molecule has 0 spiro atoms. The Morgan fingerprint density at radius 2 is 1.19 bits per heavy atom. The van der Waals surface area contributed by atoms with Crippen LogP contribution in [0.1, 0.15) is 86.8 Å². The van der Waals surface area contributed by atoms with Gasteiger partial charge in [0.2, 0.25) is 0 Å². The molecule has 0 aromatic heterocycles. The third-order valence-electron chi connectivity index (χ3n) is 5.31. The van der Waals surface area contributed by atoms with Crippen molar-refractivity contribution in [3.05, 3.63) is 69.8 Å². The van der Waals surface area contributed by atoms with Crippen LogP contribution in [0.5, 0.6) is 0 Å². The lowest BCUT2D eigenvalue weighted by atomic mass is 9.99. The summed E-state index contributed by atoms with van der Waals surface area (Å²) in [5, 5.41) is 3.35. The highest BCUT2D eigenvalue weighted by Gasteiger charge is 2.15. The van der Waals surface area contributed by atoms with Crippen LogP contribution in [-0.4, -0.2) is 11.9 Å². The molecule has 0 saturated carbocycles. The smallest absolute Gasteiger partial charge is 0.0237 e. The molecule has 0 aliphatic carbocycles. The fourth-order valence-corrected chi connectivity index (χ4v) is 3.62. The minimum atomic E-state index is 0.649. The van der Waals surface area contributed by atoms with Gasteiger partial charge in [-0.15, -0.1) is 0 Å². The van der Waals surface area contributed by atoms with Crippen molar-refractivity contribution in [3.63, 3.8) is 0 Å². The van der Waals surface area contributed by atoms with E-state index in [1.807, 2.05) is 13.8 Å². The van der Waals surface area contributed by atoms with Crippen LogP contribution >= 0.6 is 0 Å². The molecule has 0 saturated heterocycles. The van der Waals surface area contributed by atoms with Crippen LogP contribution in [0.4, 0.5) is 0 Å². The largest absolute Gasteiger partial charge is 0.309 e. The molecule has 2 heteroatoms. The summed E-state index contributed by atoms with van der Waals surface area (Å²) in [4.78, 5) is 2.36. The van der Waals surface area contributed by atoms with Crippen LogP contribution in [0.15, 0.2) is 36.4 Å². The van der Waals surface area contributed by atoms with Crippen LogP contribution in [0.2, 0.25) is 0 Å². The van der Waals surface area contributed by atoms with Crippen molar-refractivity contribution in [1.82, 2.24) is 10.2 Å². The van der Waals surface area contributed by atoms with Gasteiger partial charge in [0.1, 0.15) is 0 Å². The molecule has 0 amide bonds. The van der Waals surface area contributed by atoms with E-state index in [9.17, 15) is 0 Å². The van der Waals surface area contributed by atoms with E-state index in [1.165, 1.54) is 33.4 Å². The molecule has 2 nitrogen and oxygen atoms in total. The first kappa shape index (κ1) is 21.7. The molecule has 4 rings (SSSR count). The average molecular weight is 367 g/mol. The zero-order valence-electron chi connectivity index (χ0n) is 18.4. The van der Waals surface area contributed by atoms with Crippen molar-refractivity contribution in [2.45, 2.75) is 79.6 Å². The number of nitrogens with zero attached hydrogens (tertiary/aromatic N) is 1. The first-order chi connectivity index (χ1) is 12.9. The Bertz CT molecular complexity index is 731. The van der Waals surface area contributed by atoms with E-state index < -0.39 is 0 Å². The molecular weight excluding hydrogens is 328 g/mol. The minimum absolute atomic E-state index is 0.649. The van der Waals surface area contributed by atoms with Crippen molar-refractivity contribution in [3.8, 4) is 0 Å². The van der Waals surface area contributed by atoms with E-state index in [0.717, 1.165) is 26.2 Å². The lowest BCUT2D eigenvalue weighted by molar-refractivity contribution is 0.353. The van der Waals surface area contributed by atoms with Gasteiger partial charge in [-0.2, -0.15) is 0 Å². The predicted molar refractivity (Wildman–Crippen MR) is 118 cm³/mol. The number of fused-ring (bicyclic) bond motifs is 2. The van der Waals surface area contributed by atoms with E-state index >= 15 is 0 Å². The average Bonchev–Trinajstić information content (AvgIpc) is 3.27. The molecule has 27 heavy (non-hydrogen) atoms. The third-order valence-corrected chi connectivity index (χ3v) is 5.31. The van der Waals surface area contributed by atoms with Crippen molar-refractivity contribution >= 4 is 0 Å². The van der Waals surface area contributed by atoms with Crippen molar-refractivity contribution in [2.24, 2.45) is 0 Å². The highest BCUT2D eigenvalue weighted by atomic mass is 15.1. The normalized spacial score (nSPS) is 15.0. The highest BCUT2D eigenvalue weighted by Crippen LogP contribution is 2.25. The molecular formula is C25H38N2. The summed E-state index contributed by atoms with van der Waals surface area (Å²) in [5.74, 6) is 1.30. The maximum absolute atomic E-state index is 3.35. The zero-order valence-corrected chi connectivity index (χ0v) is 18.4. The van der Waals surface area contributed by atoms with E-state index in [2.05, 4.69) is 81.4 Å². The number of nitrogens with one attached hydrogen (secondary N) is 1. The predicted octanol–water partition coefficient (Wildman–Crippen LogP) is 6.19. The Kier molecular flexibility index (Phi) is 8.07. The molecule has 148 valence electrons. The van der Waals surface area contributed by atoms with Crippen LogP contribution in [-0.2, 0) is 26.2 Å². The van der Waals surface area contributed by atoms with Gasteiger partial charge in [-0.05, 0) is 52.3 Å². The number of rotatable bonds is 2. The van der Waals surface area contributed by atoms with E-state index in [0.29, 0.717) is 11.8 Å².